The Bertz CT molecular complexity index is 1240. The molecule has 12 N–H and O–H groups in total. The first-order chi connectivity index (χ1) is 23.6. The van der Waals surface area contributed by atoms with Gasteiger partial charge in [0.15, 0.2) is 0 Å². The van der Waals surface area contributed by atoms with Crippen molar-refractivity contribution in [2.24, 2.45) is 29.0 Å². The Morgan fingerprint density at radius 1 is 0.600 bits per heavy atom. The third-order valence-electron chi connectivity index (χ3n) is 7.94. The number of nitrogens with two attached hydrogens (primary N) is 3. The van der Waals surface area contributed by atoms with Crippen molar-refractivity contribution in [2.45, 2.75) is 123 Å². The molecule has 0 aromatic heterocycles. The lowest BCUT2D eigenvalue weighted by Gasteiger charge is -2.28. The van der Waals surface area contributed by atoms with E-state index in [-0.39, 0.29) is 49.2 Å². The first-order valence-corrected chi connectivity index (χ1v) is 17.5. The van der Waals surface area contributed by atoms with E-state index in [0.29, 0.717) is 50.8 Å². The van der Waals surface area contributed by atoms with Crippen molar-refractivity contribution < 1.29 is 33.9 Å². The number of hydrogen-bond donors (Lipinski definition) is 9. The SMILES string of the molecule is CC(=O)N[C@@H](CCCCN)C(=O)N[C@@H](CC(C)C)C(=O)N[C@@H](CCCCN)C(=O)N[C@@H](CC(C)C)C(=O)N[C@@H](Cc1ccc(O)cc1)C(N)=O. The standard InChI is InChI=1S/C35H60N8O7/c1-21(2)18-29(42-32(47)26(39-23(5)44)10-6-8-16-36)34(49)40-27(11-7-9-17-37)33(48)43-30(19-22(3)4)35(50)41-28(31(38)46)20-24-12-14-25(45)15-13-24/h12-15,21-22,26-30,45H,6-11,16-20,36-37H2,1-5H3,(H2,38,46)(H,39,44)(H,40,49)(H,41,50)(H,42,47)(H,43,48)/t26-,27-,28-,29-,30-/m0/s1. The Balaban J connectivity index is 3.21. The molecule has 0 bridgehead atoms. The first-order valence-electron chi connectivity index (χ1n) is 17.5. The summed E-state index contributed by atoms with van der Waals surface area (Å²) in [5, 5.41) is 23.2. The quantitative estimate of drug-likeness (QED) is 0.0666. The lowest BCUT2D eigenvalue weighted by Crippen LogP contribution is -2.59. The monoisotopic (exact) mass is 704 g/mol. The molecule has 6 amide bonds. The minimum atomic E-state index is -1.09. The maximum atomic E-state index is 13.8. The average molecular weight is 705 g/mol. The van der Waals surface area contributed by atoms with Crippen molar-refractivity contribution in [3.05, 3.63) is 29.8 Å². The van der Waals surface area contributed by atoms with Crippen LogP contribution < -0.4 is 43.8 Å². The summed E-state index contributed by atoms with van der Waals surface area (Å²) < 4.78 is 0. The fraction of sp³-hybridized carbons (Fsp3) is 0.657. The van der Waals surface area contributed by atoms with Crippen molar-refractivity contribution in [3.8, 4) is 5.75 Å². The molecular formula is C35H60N8O7. The van der Waals surface area contributed by atoms with Gasteiger partial charge in [-0.05, 0) is 94.0 Å². The molecule has 0 unspecified atom stereocenters. The van der Waals surface area contributed by atoms with Crippen LogP contribution >= 0.6 is 0 Å². The Labute approximate surface area is 296 Å². The molecule has 0 spiro atoms. The van der Waals surface area contributed by atoms with E-state index in [2.05, 4.69) is 26.6 Å². The van der Waals surface area contributed by atoms with Crippen molar-refractivity contribution in [1.29, 1.82) is 0 Å². The molecule has 282 valence electrons. The Hall–Kier alpha value is -4.24. The van der Waals surface area contributed by atoms with Gasteiger partial charge in [-0.2, -0.15) is 0 Å². The smallest absolute Gasteiger partial charge is 0.243 e. The number of carbonyl (C=O) groups excluding carboxylic acids is 6. The number of phenolic OH excluding ortho intramolecular Hbond substituents is 1. The Morgan fingerprint density at radius 3 is 1.36 bits per heavy atom. The van der Waals surface area contributed by atoms with E-state index in [9.17, 15) is 33.9 Å². The predicted octanol–water partition coefficient (Wildman–Crippen LogP) is 0.214. The predicted molar refractivity (Wildman–Crippen MR) is 191 cm³/mol. The van der Waals surface area contributed by atoms with Gasteiger partial charge in [0.05, 0.1) is 0 Å². The molecule has 0 fully saturated rings. The van der Waals surface area contributed by atoms with Crippen LogP contribution in [0.25, 0.3) is 0 Å². The van der Waals surface area contributed by atoms with Gasteiger partial charge in [-0.1, -0.05) is 39.8 Å². The first kappa shape index (κ1) is 43.8. The van der Waals surface area contributed by atoms with Crippen molar-refractivity contribution in [2.75, 3.05) is 13.1 Å². The summed E-state index contributed by atoms with van der Waals surface area (Å²) in [5.74, 6) is -3.50. The molecule has 50 heavy (non-hydrogen) atoms. The minimum absolute atomic E-state index is 0.00841. The van der Waals surface area contributed by atoms with Gasteiger partial charge in [0, 0.05) is 13.3 Å². The average Bonchev–Trinajstić information content (AvgIpc) is 3.03. The highest BCUT2D eigenvalue weighted by Crippen LogP contribution is 2.13. The fourth-order valence-electron chi connectivity index (χ4n) is 5.35. The molecule has 0 heterocycles. The van der Waals surface area contributed by atoms with Gasteiger partial charge in [0.25, 0.3) is 0 Å². The highest BCUT2D eigenvalue weighted by molar-refractivity contribution is 5.96. The number of primary amides is 1. The van der Waals surface area contributed by atoms with Gasteiger partial charge in [0.2, 0.25) is 35.4 Å². The van der Waals surface area contributed by atoms with E-state index in [4.69, 9.17) is 17.2 Å². The number of benzene rings is 1. The van der Waals surface area contributed by atoms with E-state index >= 15 is 0 Å². The number of unbranched alkanes of at least 4 members (excludes halogenated alkanes) is 2. The number of hydrogen-bond acceptors (Lipinski definition) is 9. The number of carbonyl (C=O) groups is 6. The summed E-state index contributed by atoms with van der Waals surface area (Å²) in [7, 11) is 0. The van der Waals surface area contributed by atoms with Crippen molar-refractivity contribution >= 4 is 35.4 Å². The molecule has 5 atom stereocenters. The molecule has 1 aromatic rings. The normalized spacial score (nSPS) is 14.2. The van der Waals surface area contributed by atoms with Crippen LogP contribution in [0, 0.1) is 11.8 Å². The fourth-order valence-corrected chi connectivity index (χ4v) is 5.35. The lowest BCUT2D eigenvalue weighted by molar-refractivity contribution is -0.135. The third kappa shape index (κ3) is 17.4. The number of amides is 6. The van der Waals surface area contributed by atoms with Crippen LogP contribution in [0.5, 0.6) is 5.75 Å². The zero-order valence-electron chi connectivity index (χ0n) is 30.3. The molecule has 0 aliphatic heterocycles. The molecule has 0 aliphatic carbocycles. The highest BCUT2D eigenvalue weighted by atomic mass is 16.3. The molecule has 15 nitrogen and oxygen atoms in total. The third-order valence-corrected chi connectivity index (χ3v) is 7.94. The molecule has 0 saturated heterocycles. The van der Waals surface area contributed by atoms with Crippen LogP contribution in [0.3, 0.4) is 0 Å². The molecule has 0 radical (unpaired) electrons. The molecule has 0 aliphatic rings. The van der Waals surface area contributed by atoms with Crippen LogP contribution in [-0.4, -0.2) is 83.8 Å². The van der Waals surface area contributed by atoms with Gasteiger partial charge in [-0.25, -0.2) is 0 Å². The van der Waals surface area contributed by atoms with E-state index in [1.165, 1.54) is 19.1 Å². The number of rotatable bonds is 24. The molecule has 1 rings (SSSR count). The summed E-state index contributed by atoms with van der Waals surface area (Å²) in [6.07, 6.45) is 3.46. The molecular weight excluding hydrogens is 644 g/mol. The van der Waals surface area contributed by atoms with Crippen LogP contribution in [0.15, 0.2) is 24.3 Å². The summed E-state index contributed by atoms with van der Waals surface area (Å²) >= 11 is 0. The molecule has 0 saturated carbocycles. The number of aromatic hydroxyl groups is 1. The van der Waals surface area contributed by atoms with Crippen molar-refractivity contribution in [1.82, 2.24) is 26.6 Å². The zero-order chi connectivity index (χ0) is 37.8. The largest absolute Gasteiger partial charge is 0.508 e. The Morgan fingerprint density at radius 2 is 0.980 bits per heavy atom. The lowest BCUT2D eigenvalue weighted by atomic mass is 9.99. The van der Waals surface area contributed by atoms with Crippen molar-refractivity contribution in [3.63, 3.8) is 0 Å². The van der Waals surface area contributed by atoms with Gasteiger partial charge in [0.1, 0.15) is 36.0 Å². The van der Waals surface area contributed by atoms with E-state index in [0.717, 1.165) is 0 Å². The van der Waals surface area contributed by atoms with E-state index in [1.807, 2.05) is 27.7 Å². The second kappa shape index (κ2) is 23.2. The summed E-state index contributed by atoms with van der Waals surface area (Å²) in [6.45, 7) is 9.64. The van der Waals surface area contributed by atoms with Crippen LogP contribution in [0.4, 0.5) is 0 Å². The second-order valence-electron chi connectivity index (χ2n) is 13.6. The van der Waals surface area contributed by atoms with Gasteiger partial charge in [-0.15, -0.1) is 0 Å². The zero-order valence-corrected chi connectivity index (χ0v) is 30.3. The van der Waals surface area contributed by atoms with Crippen LogP contribution in [0.1, 0.15) is 91.5 Å². The summed E-state index contributed by atoms with van der Waals surface area (Å²) in [4.78, 5) is 78.3. The van der Waals surface area contributed by atoms with Gasteiger partial charge >= 0.3 is 0 Å². The summed E-state index contributed by atoms with van der Waals surface area (Å²) in [5.41, 5.74) is 17.5. The summed E-state index contributed by atoms with van der Waals surface area (Å²) in [6, 6.07) is 1.04. The van der Waals surface area contributed by atoms with Gasteiger partial charge in [-0.3, -0.25) is 28.8 Å². The molecule has 1 aromatic carbocycles. The maximum absolute atomic E-state index is 13.8. The van der Waals surface area contributed by atoms with E-state index < -0.39 is 59.7 Å². The molecule has 15 heteroatoms. The van der Waals surface area contributed by atoms with Crippen LogP contribution in [-0.2, 0) is 35.2 Å². The van der Waals surface area contributed by atoms with Gasteiger partial charge < -0.3 is 48.9 Å². The van der Waals surface area contributed by atoms with E-state index in [1.54, 1.807) is 12.1 Å². The second-order valence-corrected chi connectivity index (χ2v) is 13.6. The number of phenols is 1. The minimum Gasteiger partial charge on any atom is -0.508 e. The van der Waals surface area contributed by atoms with Crippen LogP contribution in [0.2, 0.25) is 0 Å². The number of nitrogens with one attached hydrogen (secondary N) is 5. The highest BCUT2D eigenvalue weighted by Gasteiger charge is 2.32. The Kier molecular flexibility index (Phi) is 20.3. The topological polar surface area (TPSA) is 261 Å². The maximum Gasteiger partial charge on any atom is 0.243 e.